The first-order chi connectivity index (χ1) is 12.7. The number of benzene rings is 1. The number of pyridine rings is 1. The highest BCUT2D eigenvalue weighted by atomic mass is 35.5. The van der Waals surface area contributed by atoms with Crippen LogP contribution in [-0.4, -0.2) is 28.1 Å². The van der Waals surface area contributed by atoms with E-state index in [0.29, 0.717) is 16.0 Å². The molecule has 1 aliphatic rings. The second-order valence-electron chi connectivity index (χ2n) is 5.82. The number of imide groups is 1. The van der Waals surface area contributed by atoms with Crippen LogP contribution in [0, 0.1) is 0 Å². The first kappa shape index (κ1) is 19.0. The average molecular weight is 400 g/mol. The second kappa shape index (κ2) is 7.07. The summed E-state index contributed by atoms with van der Waals surface area (Å²) in [7, 11) is 0. The number of cyclic esters (lactones) is 1. The van der Waals surface area contributed by atoms with E-state index in [0.717, 1.165) is 12.1 Å². The Morgan fingerprint density at radius 1 is 1.22 bits per heavy atom. The van der Waals surface area contributed by atoms with Gasteiger partial charge in [0.2, 0.25) is 0 Å². The molecule has 1 saturated heterocycles. The van der Waals surface area contributed by atoms with Gasteiger partial charge in [-0.05, 0) is 30.2 Å². The van der Waals surface area contributed by atoms with E-state index < -0.39 is 36.1 Å². The molecular formula is C17H11ClF3N2O4-. The number of hydrogen-bond donors (Lipinski definition) is 0. The quantitative estimate of drug-likeness (QED) is 0.740. The third-order valence-corrected chi connectivity index (χ3v) is 4.33. The smallest absolute Gasteiger partial charge is 0.416 e. The number of hydrogen-bond acceptors (Lipinski definition) is 5. The van der Waals surface area contributed by atoms with Gasteiger partial charge in [-0.1, -0.05) is 29.8 Å². The molecule has 0 radical (unpaired) electrons. The number of nitrogens with zero attached hydrogens (tertiary/aromatic N) is 2. The maximum atomic E-state index is 12.7. The van der Waals surface area contributed by atoms with Crippen LogP contribution in [0.25, 0.3) is 0 Å². The lowest BCUT2D eigenvalue weighted by atomic mass is 9.96. The Balaban J connectivity index is 1.91. The number of amides is 2. The number of carbonyl (C=O) groups is 2. The number of alkyl halides is 3. The van der Waals surface area contributed by atoms with Crippen molar-refractivity contribution in [2.75, 3.05) is 0 Å². The van der Waals surface area contributed by atoms with Crippen molar-refractivity contribution in [3.8, 4) is 0 Å². The van der Waals surface area contributed by atoms with Crippen LogP contribution in [0.4, 0.5) is 22.8 Å². The Hall–Kier alpha value is -2.81. The molecule has 6 nitrogen and oxygen atoms in total. The van der Waals surface area contributed by atoms with Gasteiger partial charge in [0.1, 0.15) is 11.2 Å². The molecule has 0 N–H and O–H groups in total. The lowest BCUT2D eigenvalue weighted by molar-refractivity contribution is -0.262. The minimum atomic E-state index is -4.49. The molecule has 2 heterocycles. The zero-order valence-corrected chi connectivity index (χ0v) is 14.2. The summed E-state index contributed by atoms with van der Waals surface area (Å²) in [5, 5.41) is 11.6. The van der Waals surface area contributed by atoms with Gasteiger partial charge in [0.15, 0.2) is 6.10 Å². The first-order valence-corrected chi connectivity index (χ1v) is 8.03. The summed E-state index contributed by atoms with van der Waals surface area (Å²) in [6.45, 7) is 0. The molecule has 1 aromatic carbocycles. The molecule has 10 heteroatoms. The van der Waals surface area contributed by atoms with Gasteiger partial charge in [-0.25, -0.2) is 9.78 Å². The van der Waals surface area contributed by atoms with Crippen LogP contribution < -0.4 is 5.11 Å². The lowest BCUT2D eigenvalue weighted by Crippen LogP contribution is -2.47. The molecule has 0 aliphatic carbocycles. The van der Waals surface area contributed by atoms with E-state index in [2.05, 4.69) is 4.98 Å². The Kier molecular flexibility index (Phi) is 4.97. The molecule has 2 unspecified atom stereocenters. The van der Waals surface area contributed by atoms with Crippen LogP contribution in [0.15, 0.2) is 42.6 Å². The van der Waals surface area contributed by atoms with Crippen molar-refractivity contribution < 1.29 is 32.6 Å². The topological polar surface area (TPSA) is 82.6 Å². The Labute approximate surface area is 156 Å². The van der Waals surface area contributed by atoms with Crippen LogP contribution in [0.1, 0.15) is 22.8 Å². The minimum absolute atomic E-state index is 0.0643. The van der Waals surface area contributed by atoms with Crippen molar-refractivity contribution in [3.05, 3.63) is 64.4 Å². The van der Waals surface area contributed by atoms with Gasteiger partial charge in [0.25, 0.3) is 0 Å². The monoisotopic (exact) mass is 399 g/mol. The highest BCUT2D eigenvalue weighted by molar-refractivity contribution is 6.29. The third kappa shape index (κ3) is 3.97. The molecule has 142 valence electrons. The fourth-order valence-corrected chi connectivity index (χ4v) is 2.95. The molecule has 2 aromatic rings. The fraction of sp³-hybridized carbons (Fsp3) is 0.235. The van der Waals surface area contributed by atoms with Gasteiger partial charge >= 0.3 is 12.3 Å². The number of ether oxygens (including phenoxy) is 1. The maximum absolute atomic E-state index is 12.7. The molecule has 2 atom stereocenters. The molecule has 0 spiro atoms. The third-order valence-electron chi connectivity index (χ3n) is 4.11. The standard InChI is InChI=1S/C17H12ClF3N2O4/c18-13-6-3-10(8-22-13)14-12(23(15(24)25)16(26)27-14)7-9-1-4-11(5-2-9)17(19,20)21/h1-6,8,12,14H,7H2,(H,24,25)/p-1. The first-order valence-electron chi connectivity index (χ1n) is 7.65. The molecule has 3 rings (SSSR count). The molecule has 1 aromatic heterocycles. The lowest BCUT2D eigenvalue weighted by Gasteiger charge is -2.25. The maximum Gasteiger partial charge on any atom is 0.416 e. The van der Waals surface area contributed by atoms with Crippen molar-refractivity contribution in [2.24, 2.45) is 0 Å². The highest BCUT2D eigenvalue weighted by Gasteiger charge is 2.43. The predicted molar refractivity (Wildman–Crippen MR) is 84.6 cm³/mol. The highest BCUT2D eigenvalue weighted by Crippen LogP contribution is 2.35. The van der Waals surface area contributed by atoms with Crippen molar-refractivity contribution in [2.45, 2.75) is 24.7 Å². The summed E-state index contributed by atoms with van der Waals surface area (Å²) >= 11 is 5.72. The second-order valence-corrected chi connectivity index (χ2v) is 6.21. The summed E-state index contributed by atoms with van der Waals surface area (Å²) in [6, 6.07) is 6.15. The molecule has 27 heavy (non-hydrogen) atoms. The summed E-state index contributed by atoms with van der Waals surface area (Å²) in [5.41, 5.74) is -0.0434. The summed E-state index contributed by atoms with van der Waals surface area (Å²) in [4.78, 5) is 27.6. The largest absolute Gasteiger partial charge is 0.529 e. The zero-order chi connectivity index (χ0) is 19.8. The van der Waals surface area contributed by atoms with Gasteiger partial charge in [0.05, 0.1) is 11.6 Å². The molecule has 1 fully saturated rings. The van der Waals surface area contributed by atoms with E-state index in [-0.39, 0.29) is 11.6 Å². The SMILES string of the molecule is O=C([O-])N1C(=O)OC(c2ccc(Cl)nc2)C1Cc1ccc(C(F)(F)F)cc1. The van der Waals surface area contributed by atoms with Crippen molar-refractivity contribution >= 4 is 23.8 Å². The molecular weight excluding hydrogens is 389 g/mol. The molecule has 1 aliphatic heterocycles. The zero-order valence-electron chi connectivity index (χ0n) is 13.4. The van der Waals surface area contributed by atoms with E-state index in [1.807, 2.05) is 0 Å². The summed E-state index contributed by atoms with van der Waals surface area (Å²) < 4.78 is 43.2. The average Bonchev–Trinajstić information content (AvgIpc) is 2.91. The summed E-state index contributed by atoms with van der Waals surface area (Å²) in [6.07, 6.45) is -7.10. The van der Waals surface area contributed by atoms with Crippen LogP contribution in [0.5, 0.6) is 0 Å². The molecule has 2 amide bonds. The van der Waals surface area contributed by atoms with Gasteiger partial charge in [-0.3, -0.25) is 4.90 Å². The van der Waals surface area contributed by atoms with Crippen LogP contribution in [0.3, 0.4) is 0 Å². The number of rotatable bonds is 3. The number of halogens is 4. The molecule has 0 saturated carbocycles. The number of carbonyl (C=O) groups excluding carboxylic acids is 2. The van der Waals surface area contributed by atoms with Gasteiger partial charge in [-0.2, -0.15) is 13.2 Å². The minimum Gasteiger partial charge on any atom is -0.529 e. The fourth-order valence-electron chi connectivity index (χ4n) is 2.84. The van der Waals surface area contributed by atoms with E-state index in [4.69, 9.17) is 16.3 Å². The van der Waals surface area contributed by atoms with Crippen molar-refractivity contribution in [1.82, 2.24) is 9.88 Å². The Morgan fingerprint density at radius 2 is 1.89 bits per heavy atom. The van der Waals surface area contributed by atoms with Crippen molar-refractivity contribution in [3.63, 3.8) is 0 Å². The van der Waals surface area contributed by atoms with Crippen LogP contribution >= 0.6 is 11.6 Å². The van der Waals surface area contributed by atoms with Gasteiger partial charge in [0, 0.05) is 11.8 Å². The number of aromatic nitrogens is 1. The normalized spacial score (nSPS) is 19.9. The van der Waals surface area contributed by atoms with Crippen molar-refractivity contribution in [1.29, 1.82) is 0 Å². The number of carboxylic acid groups (broad SMARTS) is 1. The van der Waals surface area contributed by atoms with E-state index in [9.17, 15) is 27.9 Å². The Morgan fingerprint density at radius 3 is 2.41 bits per heavy atom. The molecule has 0 bridgehead atoms. The van der Waals surface area contributed by atoms with E-state index >= 15 is 0 Å². The van der Waals surface area contributed by atoms with E-state index in [1.165, 1.54) is 30.5 Å². The van der Waals surface area contributed by atoms with Crippen LogP contribution in [0.2, 0.25) is 5.15 Å². The van der Waals surface area contributed by atoms with E-state index in [1.54, 1.807) is 0 Å². The predicted octanol–water partition coefficient (Wildman–Crippen LogP) is 3.20. The van der Waals surface area contributed by atoms with Gasteiger partial charge in [-0.15, -0.1) is 0 Å². The Bertz CT molecular complexity index is 856. The summed E-state index contributed by atoms with van der Waals surface area (Å²) in [5.74, 6) is 0. The van der Waals surface area contributed by atoms with Crippen LogP contribution in [-0.2, 0) is 17.3 Å². The van der Waals surface area contributed by atoms with Gasteiger partial charge < -0.3 is 14.6 Å².